The highest BCUT2D eigenvalue weighted by atomic mass is 32.1. The van der Waals surface area contributed by atoms with Crippen molar-refractivity contribution < 1.29 is 9.59 Å². The molecule has 5 nitrogen and oxygen atoms in total. The van der Waals surface area contributed by atoms with Gasteiger partial charge in [-0.05, 0) is 111 Å². The maximum Gasteiger partial charge on any atom is 0.270 e. The molecule has 184 valence electrons. The van der Waals surface area contributed by atoms with Crippen molar-refractivity contribution in [2.45, 2.75) is 72.3 Å². The highest BCUT2D eigenvalue weighted by Gasteiger charge is 2.37. The molecular weight excluding hydrogens is 454 g/mol. The van der Waals surface area contributed by atoms with E-state index in [-0.39, 0.29) is 16.2 Å². The summed E-state index contributed by atoms with van der Waals surface area (Å²) in [5.74, 6) is -0.481. The van der Waals surface area contributed by atoms with E-state index in [1.165, 1.54) is 21.7 Å². The van der Waals surface area contributed by atoms with Crippen molar-refractivity contribution in [1.29, 1.82) is 0 Å². The summed E-state index contributed by atoms with van der Waals surface area (Å²) in [7, 11) is 0. The van der Waals surface area contributed by atoms with Gasteiger partial charge in [0.1, 0.15) is 5.57 Å². The van der Waals surface area contributed by atoms with Gasteiger partial charge in [0, 0.05) is 17.8 Å². The predicted molar refractivity (Wildman–Crippen MR) is 148 cm³/mol. The lowest BCUT2D eigenvalue weighted by Crippen LogP contribution is -2.54. The highest BCUT2D eigenvalue weighted by Crippen LogP contribution is 2.44. The van der Waals surface area contributed by atoms with Crippen molar-refractivity contribution in [3.05, 3.63) is 64.2 Å². The summed E-state index contributed by atoms with van der Waals surface area (Å²) >= 11 is 5.36. The molecule has 2 aliphatic rings. The SMILES string of the molecule is CCCN1c2cc(C)c(/C=C3/C(=O)NC(=S)N(c4ccc(CC)cc4)C3=O)cc2C(C)CC1(C)C. The van der Waals surface area contributed by atoms with Gasteiger partial charge >= 0.3 is 0 Å². The second-order valence-electron chi connectivity index (χ2n) is 10.3. The van der Waals surface area contributed by atoms with Crippen LogP contribution in [-0.2, 0) is 16.0 Å². The molecule has 6 heteroatoms. The van der Waals surface area contributed by atoms with Gasteiger partial charge in [-0.25, -0.2) is 0 Å². The molecular formula is C29H35N3O2S. The fourth-order valence-electron chi connectivity index (χ4n) is 5.38. The third kappa shape index (κ3) is 4.64. The zero-order valence-electron chi connectivity index (χ0n) is 21.6. The van der Waals surface area contributed by atoms with Gasteiger partial charge in [-0.2, -0.15) is 0 Å². The van der Waals surface area contributed by atoms with Crippen LogP contribution >= 0.6 is 12.2 Å². The van der Waals surface area contributed by atoms with E-state index in [4.69, 9.17) is 12.2 Å². The summed E-state index contributed by atoms with van der Waals surface area (Å²) < 4.78 is 0. The van der Waals surface area contributed by atoms with E-state index in [1.807, 2.05) is 31.2 Å². The molecule has 0 saturated carbocycles. The summed E-state index contributed by atoms with van der Waals surface area (Å²) in [5, 5.41) is 2.81. The van der Waals surface area contributed by atoms with Crippen LogP contribution in [0.2, 0.25) is 0 Å². The average Bonchev–Trinajstić information content (AvgIpc) is 2.80. The first kappa shape index (κ1) is 25.1. The molecule has 1 unspecified atom stereocenters. The summed E-state index contributed by atoms with van der Waals surface area (Å²) in [6, 6.07) is 12.1. The molecule has 1 saturated heterocycles. The van der Waals surface area contributed by atoms with Crippen LogP contribution in [0.3, 0.4) is 0 Å². The Morgan fingerprint density at radius 1 is 1.14 bits per heavy atom. The lowest BCUT2D eigenvalue weighted by Gasteiger charge is -2.48. The number of thiocarbonyl (C=S) groups is 1. The standard InChI is InChI=1S/C29H35N3O2S/c1-7-13-31-25-14-18(3)21(15-23(25)19(4)17-29(31,5)6)16-24-26(33)30-28(35)32(27(24)34)22-11-9-20(8-2)10-12-22/h9-12,14-16,19H,7-8,13,17H2,1-6H3,(H,30,33,35)/b24-16-. The minimum absolute atomic E-state index is 0.0809. The predicted octanol–water partition coefficient (Wildman–Crippen LogP) is 5.89. The van der Waals surface area contributed by atoms with E-state index in [9.17, 15) is 9.59 Å². The topological polar surface area (TPSA) is 52.7 Å². The van der Waals surface area contributed by atoms with Crippen molar-refractivity contribution in [1.82, 2.24) is 5.32 Å². The van der Waals surface area contributed by atoms with Gasteiger partial charge < -0.3 is 4.90 Å². The molecule has 1 N–H and O–H groups in total. The fourth-order valence-corrected chi connectivity index (χ4v) is 5.66. The second-order valence-corrected chi connectivity index (χ2v) is 10.7. The Labute approximate surface area is 214 Å². The Kier molecular flexibility index (Phi) is 6.87. The molecule has 35 heavy (non-hydrogen) atoms. The van der Waals surface area contributed by atoms with Crippen LogP contribution in [0.15, 0.2) is 42.0 Å². The average molecular weight is 490 g/mol. The maximum atomic E-state index is 13.5. The first-order valence-electron chi connectivity index (χ1n) is 12.5. The normalized spacial score (nSPS) is 20.8. The Hall–Kier alpha value is -2.99. The summed E-state index contributed by atoms with van der Waals surface area (Å²) in [6.07, 6.45) is 4.75. The Morgan fingerprint density at radius 3 is 2.46 bits per heavy atom. The third-order valence-corrected chi connectivity index (χ3v) is 7.51. The van der Waals surface area contributed by atoms with Crippen LogP contribution in [-0.4, -0.2) is 29.0 Å². The van der Waals surface area contributed by atoms with Crippen LogP contribution in [0, 0.1) is 6.92 Å². The smallest absolute Gasteiger partial charge is 0.270 e. The lowest BCUT2D eigenvalue weighted by molar-refractivity contribution is -0.122. The number of anilines is 2. The molecule has 0 spiro atoms. The van der Waals surface area contributed by atoms with Crippen molar-refractivity contribution in [2.75, 3.05) is 16.3 Å². The van der Waals surface area contributed by atoms with Gasteiger partial charge in [-0.1, -0.05) is 32.9 Å². The van der Waals surface area contributed by atoms with Crippen LogP contribution < -0.4 is 15.1 Å². The van der Waals surface area contributed by atoms with Crippen LogP contribution in [0.1, 0.15) is 75.6 Å². The fraction of sp³-hybridized carbons (Fsp3) is 0.414. The lowest BCUT2D eigenvalue weighted by atomic mass is 9.78. The van der Waals surface area contributed by atoms with E-state index < -0.39 is 11.8 Å². The molecule has 4 rings (SSSR count). The Balaban J connectivity index is 1.75. The maximum absolute atomic E-state index is 13.5. The number of carbonyl (C=O) groups is 2. The van der Waals surface area contributed by atoms with Crippen LogP contribution in [0.5, 0.6) is 0 Å². The number of carbonyl (C=O) groups excluding carboxylic acids is 2. The largest absolute Gasteiger partial charge is 0.366 e. The van der Waals surface area contributed by atoms with Crippen molar-refractivity contribution in [3.8, 4) is 0 Å². The van der Waals surface area contributed by atoms with E-state index in [0.717, 1.165) is 36.9 Å². The number of hydrogen-bond donors (Lipinski definition) is 1. The van der Waals surface area contributed by atoms with Crippen molar-refractivity contribution >= 4 is 46.6 Å². The number of aryl methyl sites for hydroxylation is 2. The first-order valence-corrected chi connectivity index (χ1v) is 12.9. The second kappa shape index (κ2) is 9.57. The molecule has 0 aromatic heterocycles. The molecule has 1 fully saturated rings. The third-order valence-electron chi connectivity index (χ3n) is 7.22. The minimum Gasteiger partial charge on any atom is -0.366 e. The molecule has 2 amide bonds. The Bertz CT molecular complexity index is 1210. The van der Waals surface area contributed by atoms with E-state index in [2.05, 4.69) is 57.0 Å². The molecule has 0 radical (unpaired) electrons. The zero-order valence-corrected chi connectivity index (χ0v) is 22.4. The molecule has 0 aliphatic carbocycles. The first-order chi connectivity index (χ1) is 16.6. The summed E-state index contributed by atoms with van der Waals surface area (Å²) in [6.45, 7) is 14.2. The number of nitrogens with one attached hydrogen (secondary N) is 1. The zero-order chi connectivity index (χ0) is 25.5. The van der Waals surface area contributed by atoms with Gasteiger partial charge in [-0.3, -0.25) is 19.8 Å². The van der Waals surface area contributed by atoms with Gasteiger partial charge in [0.25, 0.3) is 11.8 Å². The highest BCUT2D eigenvalue weighted by molar-refractivity contribution is 7.80. The van der Waals surface area contributed by atoms with Gasteiger partial charge in [0.15, 0.2) is 5.11 Å². The van der Waals surface area contributed by atoms with E-state index >= 15 is 0 Å². The number of rotatable bonds is 5. The number of fused-ring (bicyclic) bond motifs is 1. The molecule has 2 aromatic rings. The molecule has 1 atom stereocenters. The number of hydrogen-bond acceptors (Lipinski definition) is 4. The summed E-state index contributed by atoms with van der Waals surface area (Å²) in [4.78, 5) is 30.3. The van der Waals surface area contributed by atoms with Crippen molar-refractivity contribution in [3.63, 3.8) is 0 Å². The van der Waals surface area contributed by atoms with Gasteiger partial charge in [0.05, 0.1) is 5.69 Å². The van der Waals surface area contributed by atoms with E-state index in [1.54, 1.807) is 6.08 Å². The number of amides is 2. The van der Waals surface area contributed by atoms with Crippen molar-refractivity contribution in [2.24, 2.45) is 0 Å². The number of nitrogens with zero attached hydrogens (tertiary/aromatic N) is 2. The number of benzene rings is 2. The molecule has 2 aromatic carbocycles. The molecule has 2 aliphatic heterocycles. The van der Waals surface area contributed by atoms with Crippen LogP contribution in [0.4, 0.5) is 11.4 Å². The monoisotopic (exact) mass is 489 g/mol. The van der Waals surface area contributed by atoms with Gasteiger partial charge in [-0.15, -0.1) is 0 Å². The van der Waals surface area contributed by atoms with Gasteiger partial charge in [0.2, 0.25) is 0 Å². The Morgan fingerprint density at radius 2 is 1.83 bits per heavy atom. The molecule has 0 bridgehead atoms. The van der Waals surface area contributed by atoms with E-state index in [0.29, 0.717) is 11.6 Å². The summed E-state index contributed by atoms with van der Waals surface area (Å²) in [5.41, 5.74) is 6.44. The molecule has 2 heterocycles. The quantitative estimate of drug-likeness (QED) is 0.323. The minimum atomic E-state index is -0.458. The van der Waals surface area contributed by atoms with Crippen LogP contribution in [0.25, 0.3) is 6.08 Å².